The molecule has 140 valence electrons. The van der Waals surface area contributed by atoms with Crippen LogP contribution in [-0.4, -0.2) is 0 Å². The van der Waals surface area contributed by atoms with Crippen LogP contribution < -0.4 is 0 Å². The van der Waals surface area contributed by atoms with E-state index in [1.54, 1.807) is 12.1 Å². The van der Waals surface area contributed by atoms with Crippen LogP contribution in [0.4, 0.5) is 4.39 Å². The molecule has 3 heteroatoms. The molecule has 0 aliphatic carbocycles. The van der Waals surface area contributed by atoms with Gasteiger partial charge in [-0.3, -0.25) is 0 Å². The molecule has 0 saturated carbocycles. The lowest BCUT2D eigenvalue weighted by molar-refractivity contribution is 0.627. The zero-order valence-corrected chi connectivity index (χ0v) is 17.2. The third kappa shape index (κ3) is 2.93. The van der Waals surface area contributed by atoms with Crippen molar-refractivity contribution in [1.82, 2.24) is 0 Å². The maximum Gasteiger partial charge on any atom is 0.123 e. The number of hydrogen-bond acceptors (Lipinski definition) is 2. The van der Waals surface area contributed by atoms with E-state index < -0.39 is 0 Å². The van der Waals surface area contributed by atoms with Crippen molar-refractivity contribution in [1.29, 1.82) is 0 Å². The largest absolute Gasteiger partial charge is 0.207 e. The van der Waals surface area contributed by atoms with Crippen molar-refractivity contribution in [2.45, 2.75) is 12.8 Å². The number of aryl methyl sites for hydroxylation is 2. The van der Waals surface area contributed by atoms with Gasteiger partial charge < -0.3 is 0 Å². The number of fused-ring (bicyclic) bond motifs is 6. The second-order valence-electron chi connectivity index (χ2n) is 7.52. The zero-order chi connectivity index (χ0) is 19.4. The van der Waals surface area contributed by atoms with Gasteiger partial charge in [-0.25, -0.2) is 4.39 Å². The Labute approximate surface area is 175 Å². The minimum atomic E-state index is -0.172. The van der Waals surface area contributed by atoms with E-state index in [9.17, 15) is 4.39 Å². The van der Waals surface area contributed by atoms with Gasteiger partial charge in [0.2, 0.25) is 0 Å². The summed E-state index contributed by atoms with van der Waals surface area (Å²) in [6.45, 7) is 0. The summed E-state index contributed by atoms with van der Waals surface area (Å²) in [5.41, 5.74) is 1.18. The first-order valence-electron chi connectivity index (χ1n) is 9.74. The highest BCUT2D eigenvalue weighted by molar-refractivity contribution is 7.20. The molecular weight excluding hydrogens is 395 g/mol. The van der Waals surface area contributed by atoms with Gasteiger partial charge in [0, 0.05) is 25.0 Å². The molecule has 0 aliphatic rings. The molecule has 0 fully saturated rings. The molecule has 2 heterocycles. The molecule has 0 atom stereocenters. The summed E-state index contributed by atoms with van der Waals surface area (Å²) in [6, 6.07) is 25.0. The molecular formula is C26H17FS2. The predicted octanol–water partition coefficient (Wildman–Crippen LogP) is 8.35. The fourth-order valence-electron chi connectivity index (χ4n) is 4.17. The van der Waals surface area contributed by atoms with E-state index in [1.165, 1.54) is 52.2 Å². The van der Waals surface area contributed by atoms with Crippen molar-refractivity contribution < 1.29 is 4.39 Å². The average Bonchev–Trinajstić information content (AvgIpc) is 3.39. The average molecular weight is 413 g/mol. The normalized spacial score (nSPS) is 11.9. The highest BCUT2D eigenvalue weighted by atomic mass is 32.1. The molecule has 0 spiro atoms. The molecule has 0 unspecified atom stereocenters. The lowest BCUT2D eigenvalue weighted by Gasteiger charge is -2.05. The fraction of sp³-hybridized carbons (Fsp3) is 0.0769. The summed E-state index contributed by atoms with van der Waals surface area (Å²) in [4.78, 5) is 1.38. The van der Waals surface area contributed by atoms with Crippen molar-refractivity contribution in [2.24, 2.45) is 0 Å². The highest BCUT2D eigenvalue weighted by Gasteiger charge is 2.09. The Kier molecular flexibility index (Phi) is 3.93. The summed E-state index contributed by atoms with van der Waals surface area (Å²) in [5.74, 6) is -0.172. The summed E-state index contributed by atoms with van der Waals surface area (Å²) in [6.07, 6.45) is 1.92. The first kappa shape index (κ1) is 17.1. The van der Waals surface area contributed by atoms with E-state index >= 15 is 0 Å². The van der Waals surface area contributed by atoms with Crippen LogP contribution in [0.3, 0.4) is 0 Å². The first-order valence-corrected chi connectivity index (χ1v) is 11.4. The number of rotatable bonds is 3. The summed E-state index contributed by atoms with van der Waals surface area (Å²) in [7, 11) is 0. The van der Waals surface area contributed by atoms with Crippen molar-refractivity contribution >= 4 is 64.4 Å². The van der Waals surface area contributed by atoms with Gasteiger partial charge in [0.15, 0.2) is 0 Å². The molecule has 2 aromatic heterocycles. The molecule has 0 N–H and O–H groups in total. The van der Waals surface area contributed by atoms with Gasteiger partial charge in [-0.2, -0.15) is 0 Å². The molecule has 6 rings (SSSR count). The van der Waals surface area contributed by atoms with Gasteiger partial charge in [0.05, 0.1) is 0 Å². The highest BCUT2D eigenvalue weighted by Crippen LogP contribution is 2.38. The van der Waals surface area contributed by atoms with Crippen LogP contribution in [0.15, 0.2) is 78.2 Å². The van der Waals surface area contributed by atoms with Crippen LogP contribution in [0.1, 0.15) is 10.4 Å². The van der Waals surface area contributed by atoms with E-state index in [1.807, 2.05) is 34.8 Å². The molecule has 0 aliphatic heterocycles. The summed E-state index contributed by atoms with van der Waals surface area (Å²) in [5, 5.41) is 10.1. The van der Waals surface area contributed by atoms with Crippen LogP contribution in [0.25, 0.3) is 41.7 Å². The van der Waals surface area contributed by atoms with Gasteiger partial charge in [-0.05, 0) is 81.7 Å². The van der Waals surface area contributed by atoms with Gasteiger partial charge in [0.1, 0.15) is 5.82 Å². The second-order valence-corrected chi connectivity index (χ2v) is 9.57. The number of hydrogen-bond donors (Lipinski definition) is 0. The lowest BCUT2D eigenvalue weighted by atomic mass is 10.0. The molecule has 6 aromatic rings. The van der Waals surface area contributed by atoms with Crippen LogP contribution in [0, 0.1) is 5.82 Å². The SMILES string of the molecule is Fc1ccc(CCc2cc3ccc4cc5c(ccc6ccsc65)cc4c3s2)cc1. The predicted molar refractivity (Wildman–Crippen MR) is 126 cm³/mol. The Morgan fingerprint density at radius 3 is 2.10 bits per heavy atom. The molecule has 0 radical (unpaired) electrons. The van der Waals surface area contributed by atoms with Crippen LogP contribution in [0.2, 0.25) is 0 Å². The topological polar surface area (TPSA) is 0 Å². The summed E-state index contributed by atoms with van der Waals surface area (Å²) < 4.78 is 15.9. The Balaban J connectivity index is 1.44. The Morgan fingerprint density at radius 2 is 1.31 bits per heavy atom. The molecule has 0 saturated heterocycles. The van der Waals surface area contributed by atoms with Gasteiger partial charge in [-0.1, -0.05) is 36.4 Å². The van der Waals surface area contributed by atoms with E-state index in [0.717, 1.165) is 12.8 Å². The lowest BCUT2D eigenvalue weighted by Crippen LogP contribution is -1.88. The van der Waals surface area contributed by atoms with E-state index in [-0.39, 0.29) is 5.82 Å². The van der Waals surface area contributed by atoms with Gasteiger partial charge in [-0.15, -0.1) is 22.7 Å². The second kappa shape index (κ2) is 6.65. The first-order chi connectivity index (χ1) is 14.2. The molecule has 29 heavy (non-hydrogen) atoms. The Morgan fingerprint density at radius 1 is 0.621 bits per heavy atom. The fourth-order valence-corrected chi connectivity index (χ4v) is 6.28. The standard InChI is InChI=1S/C26H17FS2/c27-21-8-1-16(2-9-21)3-10-22-13-20-7-6-19-14-23-18(15-24(19)26(20)29-22)5-4-17-11-12-28-25(17)23/h1-2,4-9,11-15H,3,10H2. The van der Waals surface area contributed by atoms with Crippen LogP contribution in [0.5, 0.6) is 0 Å². The van der Waals surface area contributed by atoms with E-state index in [2.05, 4.69) is 53.9 Å². The minimum absolute atomic E-state index is 0.172. The van der Waals surface area contributed by atoms with Crippen molar-refractivity contribution in [3.05, 3.63) is 94.4 Å². The number of thiophene rings is 2. The smallest absolute Gasteiger partial charge is 0.123 e. The molecule has 0 amide bonds. The monoisotopic (exact) mass is 412 g/mol. The molecule has 4 aromatic carbocycles. The van der Waals surface area contributed by atoms with Crippen molar-refractivity contribution in [3.8, 4) is 0 Å². The molecule has 0 bridgehead atoms. The summed E-state index contributed by atoms with van der Waals surface area (Å²) >= 11 is 3.71. The van der Waals surface area contributed by atoms with E-state index in [4.69, 9.17) is 0 Å². The third-order valence-electron chi connectivity index (χ3n) is 5.68. The zero-order valence-electron chi connectivity index (χ0n) is 15.6. The Bertz CT molecular complexity index is 1500. The van der Waals surface area contributed by atoms with Gasteiger partial charge >= 0.3 is 0 Å². The third-order valence-corrected chi connectivity index (χ3v) is 7.88. The van der Waals surface area contributed by atoms with Crippen molar-refractivity contribution in [3.63, 3.8) is 0 Å². The van der Waals surface area contributed by atoms with Crippen LogP contribution in [-0.2, 0) is 12.8 Å². The van der Waals surface area contributed by atoms with Gasteiger partial charge in [0.25, 0.3) is 0 Å². The molecule has 0 nitrogen and oxygen atoms in total. The van der Waals surface area contributed by atoms with Crippen LogP contribution >= 0.6 is 22.7 Å². The maximum absolute atomic E-state index is 13.1. The minimum Gasteiger partial charge on any atom is -0.207 e. The quantitative estimate of drug-likeness (QED) is 0.256. The number of halogens is 1. The number of benzene rings is 4. The Hall–Kier alpha value is -2.75. The van der Waals surface area contributed by atoms with E-state index in [0.29, 0.717) is 0 Å². The maximum atomic E-state index is 13.1. The van der Waals surface area contributed by atoms with Crippen molar-refractivity contribution in [2.75, 3.05) is 0 Å².